The molecule has 0 aliphatic heterocycles. The Labute approximate surface area is 206 Å². The summed E-state index contributed by atoms with van der Waals surface area (Å²) in [6.45, 7) is 0. The van der Waals surface area contributed by atoms with Gasteiger partial charge in [0, 0.05) is 7.05 Å². The van der Waals surface area contributed by atoms with Crippen LogP contribution in [0.2, 0.25) is 0 Å². The molecule has 1 heterocycles. The van der Waals surface area contributed by atoms with Crippen molar-refractivity contribution < 1.29 is 16.8 Å². The second kappa shape index (κ2) is 10.3. The lowest BCUT2D eigenvalue weighted by Crippen LogP contribution is -3.00. The van der Waals surface area contributed by atoms with Gasteiger partial charge in [-0.25, -0.2) is 4.39 Å². The lowest BCUT2D eigenvalue weighted by Gasteiger charge is -2.27. The van der Waals surface area contributed by atoms with Crippen molar-refractivity contribution in [2.75, 3.05) is 0 Å². The van der Waals surface area contributed by atoms with Crippen LogP contribution in [0.5, 0.6) is 0 Å². The van der Waals surface area contributed by atoms with E-state index < -0.39 is 7.26 Å². The van der Waals surface area contributed by atoms with Crippen molar-refractivity contribution in [3.8, 4) is 11.3 Å². The van der Waals surface area contributed by atoms with E-state index in [-0.39, 0.29) is 18.2 Å². The monoisotopic (exact) mass is 486 g/mol. The summed E-state index contributed by atoms with van der Waals surface area (Å²) in [7, 11) is -0.0627. The molecule has 0 saturated heterocycles. The van der Waals surface area contributed by atoms with Crippen LogP contribution in [0, 0.1) is 5.82 Å². The molecule has 0 spiro atoms. The fourth-order valence-electron chi connectivity index (χ4n) is 4.51. The predicted molar refractivity (Wildman–Crippen MR) is 137 cm³/mol. The molecule has 5 aromatic rings. The number of rotatable bonds is 6. The summed E-state index contributed by atoms with van der Waals surface area (Å²) in [5.74, 6) is -0.233. The molecule has 34 heavy (non-hydrogen) atoms. The van der Waals surface area contributed by atoms with Crippen LogP contribution in [0.25, 0.3) is 11.3 Å². The first-order chi connectivity index (χ1) is 16.2. The molecule has 0 amide bonds. The normalized spacial score (nSPS) is 11.1. The first-order valence-corrected chi connectivity index (χ1v) is 13.0. The summed E-state index contributed by atoms with van der Waals surface area (Å²) in [6.07, 6.45) is 0.806. The van der Waals surface area contributed by atoms with Crippen molar-refractivity contribution >= 4 is 23.2 Å². The average Bonchev–Trinajstić information content (AvgIpc) is 3.24. The van der Waals surface area contributed by atoms with Crippen molar-refractivity contribution in [2.24, 2.45) is 7.05 Å². The van der Waals surface area contributed by atoms with Crippen molar-refractivity contribution in [3.05, 3.63) is 133 Å². The minimum atomic E-state index is -2.02. The molecule has 0 unspecified atom stereocenters. The molecule has 0 saturated carbocycles. The van der Waals surface area contributed by atoms with Crippen molar-refractivity contribution in [3.63, 3.8) is 0 Å². The topological polar surface area (TPSA) is 17.8 Å². The second-order valence-corrected chi connectivity index (χ2v) is 11.6. The highest BCUT2D eigenvalue weighted by molar-refractivity contribution is 7.95. The second-order valence-electron chi connectivity index (χ2n) is 8.13. The minimum Gasteiger partial charge on any atom is -1.00 e. The van der Waals surface area contributed by atoms with Gasteiger partial charge in [0.25, 0.3) is 0 Å². The van der Waals surface area contributed by atoms with Gasteiger partial charge in [-0.05, 0) is 72.3 Å². The quantitative estimate of drug-likeness (QED) is 0.337. The Bertz CT molecular complexity index is 1240. The summed E-state index contributed by atoms with van der Waals surface area (Å²) >= 11 is 0. The third kappa shape index (κ3) is 4.55. The molecule has 0 radical (unpaired) electrons. The van der Waals surface area contributed by atoms with E-state index in [1.807, 2.05) is 23.9 Å². The van der Waals surface area contributed by atoms with Crippen molar-refractivity contribution in [2.45, 2.75) is 6.16 Å². The van der Waals surface area contributed by atoms with E-state index in [1.165, 1.54) is 28.0 Å². The number of aromatic nitrogens is 2. The van der Waals surface area contributed by atoms with Crippen LogP contribution in [0.3, 0.4) is 0 Å². The maximum atomic E-state index is 13.5. The maximum Gasteiger partial charge on any atom is 0.123 e. The van der Waals surface area contributed by atoms with Gasteiger partial charge in [-0.1, -0.05) is 54.6 Å². The van der Waals surface area contributed by atoms with E-state index in [1.54, 1.807) is 0 Å². The number of aryl methyl sites for hydroxylation is 1. The molecule has 5 heteroatoms. The number of hydrogen-bond donors (Lipinski definition) is 0. The molecular weight excluding hydrogens is 462 g/mol. The fourth-order valence-corrected chi connectivity index (χ4v) is 8.63. The third-order valence-electron chi connectivity index (χ3n) is 6.06. The predicted octanol–water partition coefficient (Wildman–Crippen LogP) is 2.72. The fraction of sp³-hybridized carbons (Fsp3) is 0.0690. The van der Waals surface area contributed by atoms with Crippen LogP contribution in [0.15, 0.2) is 121 Å². The SMILES string of the molecule is Cn1nc(C[P+](c2ccccc2)(c2ccccc2)c2ccccc2)cc1-c1ccc(F)cc1.[Cl-]. The Morgan fingerprint density at radius 1 is 0.676 bits per heavy atom. The van der Waals surface area contributed by atoms with E-state index in [2.05, 4.69) is 97.1 Å². The molecule has 0 aliphatic rings. The Morgan fingerprint density at radius 3 is 1.56 bits per heavy atom. The zero-order valence-corrected chi connectivity index (χ0v) is 20.5. The van der Waals surface area contributed by atoms with Gasteiger partial charge < -0.3 is 12.4 Å². The summed E-state index contributed by atoms with van der Waals surface area (Å²) in [4.78, 5) is 0. The average molecular weight is 487 g/mol. The highest BCUT2D eigenvalue weighted by atomic mass is 35.5. The molecule has 5 rings (SSSR count). The lowest BCUT2D eigenvalue weighted by atomic mass is 10.1. The number of halogens is 2. The number of benzene rings is 4. The smallest absolute Gasteiger partial charge is 0.123 e. The molecule has 2 nitrogen and oxygen atoms in total. The highest BCUT2D eigenvalue weighted by Gasteiger charge is 2.46. The first kappa shape index (κ1) is 23.9. The molecule has 1 aromatic heterocycles. The van der Waals surface area contributed by atoms with Crippen LogP contribution in [-0.4, -0.2) is 9.78 Å². The zero-order chi connectivity index (χ0) is 22.7. The van der Waals surface area contributed by atoms with E-state index >= 15 is 0 Å². The minimum absolute atomic E-state index is 0. The zero-order valence-electron chi connectivity index (χ0n) is 18.9. The standard InChI is InChI=1S/C29H25FN2P.ClH/c1-32-29(23-17-19-24(30)20-18-23)21-25(31-32)22-33(26-11-5-2-6-12-26,27-13-7-3-8-14-27)28-15-9-4-10-16-28;/h2-21H,22H2,1H3;1H/q+1;/p-1. The van der Waals surface area contributed by atoms with Crippen LogP contribution in [0.1, 0.15) is 5.69 Å². The molecule has 4 aromatic carbocycles. The summed E-state index contributed by atoms with van der Waals surface area (Å²) in [6, 6.07) is 41.2. The van der Waals surface area contributed by atoms with Crippen LogP contribution in [-0.2, 0) is 13.2 Å². The van der Waals surface area contributed by atoms with Gasteiger partial charge >= 0.3 is 0 Å². The first-order valence-electron chi connectivity index (χ1n) is 11.0. The van der Waals surface area contributed by atoms with Gasteiger partial charge in [-0.15, -0.1) is 0 Å². The van der Waals surface area contributed by atoms with Crippen molar-refractivity contribution in [1.29, 1.82) is 0 Å². The lowest BCUT2D eigenvalue weighted by molar-refractivity contribution is -0.00000719. The summed E-state index contributed by atoms with van der Waals surface area (Å²) in [5, 5.41) is 8.91. The Hall–Kier alpha value is -3.26. The Kier molecular flexibility index (Phi) is 7.26. The molecule has 0 aliphatic carbocycles. The number of hydrogen-bond acceptors (Lipinski definition) is 1. The third-order valence-corrected chi connectivity index (χ3v) is 10.4. The largest absolute Gasteiger partial charge is 1.00 e. The molecule has 0 bridgehead atoms. The van der Waals surface area contributed by atoms with Gasteiger partial charge in [-0.3, -0.25) is 4.68 Å². The van der Waals surface area contributed by atoms with Gasteiger partial charge in [0.15, 0.2) is 0 Å². The Balaban J connectivity index is 0.00000274. The van der Waals surface area contributed by atoms with E-state index in [4.69, 9.17) is 5.10 Å². The molecule has 0 N–H and O–H groups in total. The van der Waals surface area contributed by atoms with Crippen molar-refractivity contribution in [1.82, 2.24) is 9.78 Å². The maximum absolute atomic E-state index is 13.5. The van der Waals surface area contributed by atoms with E-state index in [9.17, 15) is 4.39 Å². The van der Waals surface area contributed by atoms with E-state index in [0.29, 0.717) is 0 Å². The van der Waals surface area contributed by atoms with Gasteiger partial charge in [0.2, 0.25) is 0 Å². The molecule has 0 fully saturated rings. The van der Waals surface area contributed by atoms with Crippen LogP contribution in [0.4, 0.5) is 4.39 Å². The van der Waals surface area contributed by atoms with Crippen LogP contribution < -0.4 is 28.3 Å². The Morgan fingerprint density at radius 2 is 1.12 bits per heavy atom. The van der Waals surface area contributed by atoms with Gasteiger partial charge in [0.1, 0.15) is 40.8 Å². The van der Waals surface area contributed by atoms with Crippen LogP contribution >= 0.6 is 7.26 Å². The van der Waals surface area contributed by atoms with E-state index in [0.717, 1.165) is 23.1 Å². The molecule has 0 atom stereocenters. The van der Waals surface area contributed by atoms with Gasteiger partial charge in [-0.2, -0.15) is 5.10 Å². The summed E-state index contributed by atoms with van der Waals surface area (Å²) in [5.41, 5.74) is 2.97. The molecule has 170 valence electrons. The highest BCUT2D eigenvalue weighted by Crippen LogP contribution is 2.58. The van der Waals surface area contributed by atoms with Gasteiger partial charge in [0.05, 0.1) is 5.69 Å². The number of nitrogens with zero attached hydrogens (tertiary/aromatic N) is 2. The summed E-state index contributed by atoms with van der Waals surface area (Å²) < 4.78 is 15.4. The molecular formula is C29H25ClFN2P.